The molecule has 2 aliphatic rings. The summed E-state index contributed by atoms with van der Waals surface area (Å²) in [5.41, 5.74) is 0.487. The number of carboxylic acid groups (broad SMARTS) is 1. The number of ether oxygens (including phenoxy) is 2. The van der Waals surface area contributed by atoms with Crippen LogP contribution in [0.1, 0.15) is 69.7 Å². The maximum absolute atomic E-state index is 14.6. The lowest BCUT2D eigenvalue weighted by atomic mass is 9.81. The lowest BCUT2D eigenvalue weighted by Gasteiger charge is -2.29. The van der Waals surface area contributed by atoms with Gasteiger partial charge < -0.3 is 19.9 Å². The molecular formula is C25H33FN2O6. The van der Waals surface area contributed by atoms with Gasteiger partial charge in [0.15, 0.2) is 11.6 Å². The number of halogens is 1. The van der Waals surface area contributed by atoms with Gasteiger partial charge in [-0.1, -0.05) is 20.8 Å². The highest BCUT2D eigenvalue weighted by molar-refractivity contribution is 6.14. The number of aliphatic carboxylic acids is 1. The van der Waals surface area contributed by atoms with Gasteiger partial charge in [-0.25, -0.2) is 9.38 Å². The summed E-state index contributed by atoms with van der Waals surface area (Å²) in [7, 11) is 1.33. The third kappa shape index (κ3) is 6.33. The van der Waals surface area contributed by atoms with Gasteiger partial charge >= 0.3 is 5.97 Å². The van der Waals surface area contributed by atoms with Crippen molar-refractivity contribution in [3.63, 3.8) is 0 Å². The second-order valence-corrected chi connectivity index (χ2v) is 10.2. The average Bonchev–Trinajstić information content (AvgIpc) is 2.76. The number of hydrogen-bond acceptors (Lipinski definition) is 5. The van der Waals surface area contributed by atoms with Crippen LogP contribution in [-0.4, -0.2) is 48.4 Å². The highest BCUT2D eigenvalue weighted by Crippen LogP contribution is 2.33. The minimum Gasteiger partial charge on any atom is -0.496 e. The van der Waals surface area contributed by atoms with E-state index >= 15 is 0 Å². The molecule has 34 heavy (non-hydrogen) atoms. The summed E-state index contributed by atoms with van der Waals surface area (Å²) < 4.78 is 25.6. The Kier molecular flexibility index (Phi) is 7.94. The molecule has 2 N–H and O–H groups in total. The van der Waals surface area contributed by atoms with E-state index in [4.69, 9.17) is 14.6 Å². The number of carbonyl (C=O) groups excluding carboxylic acids is 2. The second kappa shape index (κ2) is 10.5. The van der Waals surface area contributed by atoms with Crippen LogP contribution >= 0.6 is 0 Å². The molecule has 2 aliphatic carbocycles. The van der Waals surface area contributed by atoms with Crippen LogP contribution in [0.5, 0.6) is 11.5 Å². The van der Waals surface area contributed by atoms with Crippen molar-refractivity contribution in [2.45, 2.75) is 65.4 Å². The standard InChI is InChI=1S/C25H33FN2O6/c1-25(2,3)13-27-22(29)16-9-10-19(16)28-23(30)17-11-21(18(26)12-20(17)33-4)34-15-7-5-14(6-8-15)24(31)32/h11-12,14-16H,5-10,13H2,1-4H3,(H,27,29)(H,31,32). The minimum absolute atomic E-state index is 0.0295. The summed E-state index contributed by atoms with van der Waals surface area (Å²) in [6.07, 6.45) is 2.70. The molecule has 1 aromatic carbocycles. The Hall–Kier alpha value is -2.97. The van der Waals surface area contributed by atoms with Crippen LogP contribution in [-0.2, 0) is 9.59 Å². The Balaban J connectivity index is 1.72. The Bertz CT molecular complexity index is 976. The molecule has 0 heterocycles. The molecule has 0 aromatic heterocycles. The molecule has 0 aliphatic heterocycles. The van der Waals surface area contributed by atoms with Crippen molar-refractivity contribution in [1.29, 1.82) is 0 Å². The zero-order valence-corrected chi connectivity index (χ0v) is 20.2. The van der Waals surface area contributed by atoms with Crippen molar-refractivity contribution in [2.24, 2.45) is 22.2 Å². The van der Waals surface area contributed by atoms with Crippen LogP contribution in [0.2, 0.25) is 0 Å². The topological polar surface area (TPSA) is 114 Å². The Morgan fingerprint density at radius 3 is 2.32 bits per heavy atom. The van der Waals surface area contributed by atoms with Crippen molar-refractivity contribution in [3.05, 3.63) is 23.5 Å². The molecule has 1 unspecified atom stereocenters. The van der Waals surface area contributed by atoms with E-state index in [-0.39, 0.29) is 34.5 Å². The van der Waals surface area contributed by atoms with E-state index in [2.05, 4.69) is 10.3 Å². The van der Waals surface area contributed by atoms with Gasteiger partial charge in [0.2, 0.25) is 5.91 Å². The van der Waals surface area contributed by atoms with Crippen LogP contribution in [0, 0.1) is 23.1 Å². The van der Waals surface area contributed by atoms with Crippen LogP contribution < -0.4 is 14.8 Å². The largest absolute Gasteiger partial charge is 0.496 e. The third-order valence-corrected chi connectivity index (χ3v) is 6.25. The van der Waals surface area contributed by atoms with Crippen molar-refractivity contribution >= 4 is 23.5 Å². The summed E-state index contributed by atoms with van der Waals surface area (Å²) >= 11 is 0. The fourth-order valence-electron chi connectivity index (χ4n) is 4.07. The van der Waals surface area contributed by atoms with Gasteiger partial charge in [0.25, 0.3) is 5.91 Å². The number of amides is 2. The van der Waals surface area contributed by atoms with Crippen molar-refractivity contribution in [3.8, 4) is 11.5 Å². The van der Waals surface area contributed by atoms with Crippen LogP contribution in [0.25, 0.3) is 0 Å². The van der Waals surface area contributed by atoms with Crippen molar-refractivity contribution in [1.82, 2.24) is 5.32 Å². The first-order valence-corrected chi connectivity index (χ1v) is 11.6. The van der Waals surface area contributed by atoms with Crippen molar-refractivity contribution in [2.75, 3.05) is 13.7 Å². The molecule has 0 radical (unpaired) electrons. The van der Waals surface area contributed by atoms with Gasteiger partial charge in [-0.2, -0.15) is 0 Å². The molecule has 1 aromatic rings. The molecular weight excluding hydrogens is 443 g/mol. The molecule has 1 atom stereocenters. The first-order valence-electron chi connectivity index (χ1n) is 11.6. The predicted molar refractivity (Wildman–Crippen MR) is 124 cm³/mol. The number of methoxy groups -OCH3 is 1. The van der Waals surface area contributed by atoms with Gasteiger partial charge in [0, 0.05) is 18.3 Å². The molecule has 3 rings (SSSR count). The fourth-order valence-corrected chi connectivity index (χ4v) is 4.07. The Labute approximate surface area is 198 Å². The van der Waals surface area contributed by atoms with E-state index in [9.17, 15) is 18.8 Å². The Morgan fingerprint density at radius 2 is 1.79 bits per heavy atom. The van der Waals surface area contributed by atoms with Crippen LogP contribution in [0.4, 0.5) is 4.39 Å². The Morgan fingerprint density at radius 1 is 1.12 bits per heavy atom. The lowest BCUT2D eigenvalue weighted by molar-refractivity contribution is -0.143. The number of rotatable bonds is 7. The van der Waals surface area contributed by atoms with E-state index in [1.807, 2.05) is 20.8 Å². The monoisotopic (exact) mass is 476 g/mol. The summed E-state index contributed by atoms with van der Waals surface area (Å²) in [6, 6.07) is 2.36. The van der Waals surface area contributed by atoms with E-state index in [1.165, 1.54) is 13.2 Å². The van der Waals surface area contributed by atoms with Gasteiger partial charge in [0.05, 0.1) is 30.6 Å². The predicted octanol–water partition coefficient (Wildman–Crippen LogP) is 4.01. The quantitative estimate of drug-likeness (QED) is 0.615. The normalized spacial score (nSPS) is 23.7. The first kappa shape index (κ1) is 25.6. The van der Waals surface area contributed by atoms with E-state index in [1.54, 1.807) is 0 Å². The number of carboxylic acids is 1. The van der Waals surface area contributed by atoms with Crippen LogP contribution in [0.15, 0.2) is 17.1 Å². The number of hydrogen-bond donors (Lipinski definition) is 2. The third-order valence-electron chi connectivity index (χ3n) is 6.25. The highest BCUT2D eigenvalue weighted by Gasteiger charge is 2.34. The van der Waals surface area contributed by atoms with Gasteiger partial charge in [-0.3, -0.25) is 14.4 Å². The lowest BCUT2D eigenvalue weighted by Crippen LogP contribution is -2.44. The molecule has 186 valence electrons. The zero-order valence-electron chi connectivity index (χ0n) is 20.2. The fraction of sp³-hybridized carbons (Fsp3) is 0.600. The molecule has 0 saturated heterocycles. The van der Waals surface area contributed by atoms with Crippen molar-refractivity contribution < 1.29 is 33.4 Å². The van der Waals surface area contributed by atoms with Gasteiger partial charge in [-0.05, 0) is 50.0 Å². The van der Waals surface area contributed by atoms with E-state index < -0.39 is 29.5 Å². The molecule has 8 nitrogen and oxygen atoms in total. The summed E-state index contributed by atoms with van der Waals surface area (Å²) in [5, 5.41) is 12.0. The maximum atomic E-state index is 14.6. The number of nitrogens with one attached hydrogen (secondary N) is 1. The number of carbonyl (C=O) groups is 3. The summed E-state index contributed by atoms with van der Waals surface area (Å²) in [6.45, 7) is 6.57. The summed E-state index contributed by atoms with van der Waals surface area (Å²) in [4.78, 5) is 40.7. The maximum Gasteiger partial charge on any atom is 0.306 e. The molecule has 0 bridgehead atoms. The SMILES string of the molecule is COc1cc(F)c(OC2CCC(C(=O)O)CC2)cc1C(=O)N=C1CCC1C(=O)NCC(C)(C)C. The minimum atomic E-state index is -0.831. The first-order chi connectivity index (χ1) is 16.0. The molecule has 9 heteroatoms. The van der Waals surface area contributed by atoms with E-state index in [0.717, 1.165) is 6.07 Å². The number of aliphatic imine (C=N–C) groups is 1. The second-order valence-electron chi connectivity index (χ2n) is 10.2. The molecule has 2 fully saturated rings. The number of nitrogens with zero attached hydrogens (tertiary/aromatic N) is 1. The number of benzene rings is 1. The average molecular weight is 477 g/mol. The smallest absolute Gasteiger partial charge is 0.306 e. The van der Waals surface area contributed by atoms with Crippen LogP contribution in [0.3, 0.4) is 0 Å². The highest BCUT2D eigenvalue weighted by atomic mass is 19.1. The van der Waals surface area contributed by atoms with E-state index in [0.29, 0.717) is 50.8 Å². The van der Waals surface area contributed by atoms with Gasteiger partial charge in [-0.15, -0.1) is 0 Å². The molecule has 2 amide bonds. The zero-order chi connectivity index (χ0) is 25.0. The summed E-state index contributed by atoms with van der Waals surface area (Å²) in [5.74, 6) is -3.22. The molecule has 0 spiro atoms. The molecule has 2 saturated carbocycles. The van der Waals surface area contributed by atoms with Gasteiger partial charge in [0.1, 0.15) is 5.75 Å².